The Kier molecular flexibility index (Phi) is 13.6. The molecule has 0 spiro atoms. The second kappa shape index (κ2) is 18.1. The molecule has 0 bridgehead atoms. The van der Waals surface area contributed by atoms with Crippen molar-refractivity contribution in [2.24, 2.45) is 0 Å². The fourth-order valence-corrected chi connectivity index (χ4v) is 6.02. The van der Waals surface area contributed by atoms with E-state index in [-0.39, 0.29) is 0 Å². The van der Waals surface area contributed by atoms with E-state index in [0.717, 1.165) is 43.0 Å². The van der Waals surface area contributed by atoms with Crippen LogP contribution in [0.1, 0.15) is 115 Å². The lowest BCUT2D eigenvalue weighted by atomic mass is 10.0. The van der Waals surface area contributed by atoms with Crippen LogP contribution in [-0.4, -0.2) is 49.9 Å². The van der Waals surface area contributed by atoms with E-state index < -0.39 is 0 Å². The van der Waals surface area contributed by atoms with Crippen LogP contribution in [-0.2, 0) is 0 Å². The first-order chi connectivity index (χ1) is 20.8. The maximum atomic E-state index is 9.28. The zero-order chi connectivity index (χ0) is 29.2. The van der Waals surface area contributed by atoms with Gasteiger partial charge in [0.05, 0.1) is 17.8 Å². The molecule has 0 amide bonds. The van der Waals surface area contributed by atoms with E-state index in [4.69, 9.17) is 10.2 Å². The minimum absolute atomic E-state index is 0.387. The molecule has 3 aromatic rings. The summed E-state index contributed by atoms with van der Waals surface area (Å²) in [5.41, 5.74) is 2.14. The van der Waals surface area contributed by atoms with Crippen LogP contribution in [0, 0.1) is 22.7 Å². The summed E-state index contributed by atoms with van der Waals surface area (Å²) in [6, 6.07) is 10.4. The van der Waals surface area contributed by atoms with Crippen LogP contribution < -0.4 is 5.32 Å². The van der Waals surface area contributed by atoms with Gasteiger partial charge < -0.3 is 10.2 Å². The van der Waals surface area contributed by atoms with E-state index in [1.807, 2.05) is 16.5 Å². The Labute approximate surface area is 252 Å². The molecule has 0 saturated carbocycles. The molecule has 4 rings (SSSR count). The lowest BCUT2D eigenvalue weighted by molar-refractivity contribution is 0.212. The number of imidazole rings is 1. The van der Waals surface area contributed by atoms with Crippen molar-refractivity contribution in [1.82, 2.24) is 24.3 Å². The standard InChI is InChI=1S/C34H48N8/c35-21-14-12-10-8-6-4-2-1-3-5-7-9-11-13-15-23-41-24-16-17-30(28-41)39-32-20-22-37-34(40-32)31-26-38-33-19-18-29(25-36)27-42(31)33/h18-20,22,26-27,30H,1-17,23-24,28H2,(H,37,39,40)/t30-/m1/s1. The van der Waals surface area contributed by atoms with Gasteiger partial charge in [0.1, 0.15) is 23.2 Å². The molecule has 1 saturated heterocycles. The van der Waals surface area contributed by atoms with Crippen molar-refractivity contribution >= 4 is 11.5 Å². The molecule has 4 heterocycles. The predicted molar refractivity (Wildman–Crippen MR) is 169 cm³/mol. The highest BCUT2D eigenvalue weighted by Gasteiger charge is 2.20. The Balaban J connectivity index is 1.07. The monoisotopic (exact) mass is 568 g/mol. The first-order valence-electron chi connectivity index (χ1n) is 16.3. The number of pyridine rings is 1. The van der Waals surface area contributed by atoms with E-state index in [1.165, 1.54) is 103 Å². The molecular formula is C34H48N8. The Morgan fingerprint density at radius 1 is 0.833 bits per heavy atom. The molecular weight excluding hydrogens is 520 g/mol. The van der Waals surface area contributed by atoms with E-state index in [2.05, 4.69) is 32.3 Å². The Bertz CT molecular complexity index is 1290. The lowest BCUT2D eigenvalue weighted by Crippen LogP contribution is -2.42. The molecule has 1 N–H and O–H groups in total. The number of likely N-dealkylation sites (tertiary alicyclic amines) is 1. The summed E-state index contributed by atoms with van der Waals surface area (Å²) in [4.78, 5) is 16.3. The number of rotatable bonds is 19. The average molecular weight is 569 g/mol. The third-order valence-electron chi connectivity index (χ3n) is 8.39. The van der Waals surface area contributed by atoms with Gasteiger partial charge >= 0.3 is 0 Å². The summed E-state index contributed by atoms with van der Waals surface area (Å²) in [5, 5.41) is 21.5. The van der Waals surface area contributed by atoms with Crippen LogP contribution in [0.5, 0.6) is 0 Å². The third kappa shape index (κ3) is 10.4. The molecule has 8 heteroatoms. The number of piperidine rings is 1. The van der Waals surface area contributed by atoms with Crippen molar-refractivity contribution < 1.29 is 0 Å². The molecule has 1 aliphatic rings. The van der Waals surface area contributed by atoms with Crippen molar-refractivity contribution in [3.63, 3.8) is 0 Å². The molecule has 3 aromatic heterocycles. The highest BCUT2D eigenvalue weighted by Crippen LogP contribution is 2.21. The van der Waals surface area contributed by atoms with Gasteiger partial charge in [-0.15, -0.1) is 0 Å². The van der Waals surface area contributed by atoms with Crippen molar-refractivity contribution in [1.29, 1.82) is 10.5 Å². The third-order valence-corrected chi connectivity index (χ3v) is 8.39. The van der Waals surface area contributed by atoms with Crippen molar-refractivity contribution in [2.75, 3.05) is 25.0 Å². The van der Waals surface area contributed by atoms with Gasteiger partial charge in [-0.25, -0.2) is 15.0 Å². The summed E-state index contributed by atoms with van der Waals surface area (Å²) < 4.78 is 1.88. The maximum absolute atomic E-state index is 9.28. The fourth-order valence-electron chi connectivity index (χ4n) is 6.02. The Hall–Kier alpha value is -3.49. The summed E-state index contributed by atoms with van der Waals surface area (Å²) in [7, 11) is 0. The van der Waals surface area contributed by atoms with E-state index in [9.17, 15) is 5.26 Å². The van der Waals surface area contributed by atoms with E-state index in [1.54, 1.807) is 24.7 Å². The average Bonchev–Trinajstić information content (AvgIpc) is 3.44. The first-order valence-corrected chi connectivity index (χ1v) is 16.3. The Morgan fingerprint density at radius 2 is 1.52 bits per heavy atom. The number of nitriles is 2. The van der Waals surface area contributed by atoms with E-state index >= 15 is 0 Å². The number of hydrogen-bond acceptors (Lipinski definition) is 7. The van der Waals surface area contributed by atoms with Crippen LogP contribution in [0.2, 0.25) is 0 Å². The molecule has 1 aliphatic heterocycles. The highest BCUT2D eigenvalue weighted by atomic mass is 15.2. The second-order valence-electron chi connectivity index (χ2n) is 11.8. The zero-order valence-corrected chi connectivity index (χ0v) is 25.3. The summed E-state index contributed by atoms with van der Waals surface area (Å²) in [5.74, 6) is 1.44. The zero-order valence-electron chi connectivity index (χ0n) is 25.3. The number of hydrogen-bond donors (Lipinski definition) is 1. The van der Waals surface area contributed by atoms with Crippen molar-refractivity contribution in [3.8, 4) is 23.7 Å². The van der Waals surface area contributed by atoms with Gasteiger partial charge in [0.25, 0.3) is 0 Å². The molecule has 8 nitrogen and oxygen atoms in total. The minimum Gasteiger partial charge on any atom is -0.366 e. The summed E-state index contributed by atoms with van der Waals surface area (Å²) >= 11 is 0. The van der Waals surface area contributed by atoms with Crippen LogP contribution in [0.25, 0.3) is 17.2 Å². The number of nitrogens with one attached hydrogen (secondary N) is 1. The quantitative estimate of drug-likeness (QED) is 0.146. The van der Waals surface area contributed by atoms with Gasteiger partial charge in [-0.05, 0) is 57.0 Å². The largest absolute Gasteiger partial charge is 0.366 e. The van der Waals surface area contributed by atoms with Crippen LogP contribution in [0.4, 0.5) is 5.82 Å². The SMILES string of the molecule is N#CCCCCCCCCCCCCCCCCN1CCC[C@@H](Nc2ccnc(-c3cnc4ccc(C#N)cn34)n2)C1. The summed E-state index contributed by atoms with van der Waals surface area (Å²) in [6.45, 7) is 3.43. The predicted octanol–water partition coefficient (Wildman–Crippen LogP) is 7.91. The lowest BCUT2D eigenvalue weighted by Gasteiger charge is -2.33. The molecule has 0 unspecified atom stereocenters. The van der Waals surface area contributed by atoms with Gasteiger partial charge in [0.15, 0.2) is 5.82 Å². The van der Waals surface area contributed by atoms with E-state index in [0.29, 0.717) is 17.4 Å². The van der Waals surface area contributed by atoms with Gasteiger partial charge in [0.2, 0.25) is 0 Å². The Morgan fingerprint density at radius 3 is 2.21 bits per heavy atom. The van der Waals surface area contributed by atoms with Crippen LogP contribution in [0.3, 0.4) is 0 Å². The second-order valence-corrected chi connectivity index (χ2v) is 11.8. The van der Waals surface area contributed by atoms with Gasteiger partial charge in [-0.2, -0.15) is 10.5 Å². The molecule has 1 fully saturated rings. The molecule has 0 aliphatic carbocycles. The number of fused-ring (bicyclic) bond motifs is 1. The smallest absolute Gasteiger partial charge is 0.180 e. The van der Waals surface area contributed by atoms with Gasteiger partial charge in [-0.1, -0.05) is 77.0 Å². The van der Waals surface area contributed by atoms with Crippen molar-refractivity contribution in [2.45, 2.75) is 115 Å². The maximum Gasteiger partial charge on any atom is 0.180 e. The van der Waals surface area contributed by atoms with Gasteiger partial charge in [-0.3, -0.25) is 4.40 Å². The molecule has 0 radical (unpaired) electrons. The molecule has 1 atom stereocenters. The fraction of sp³-hybridized carbons (Fsp3) is 0.618. The minimum atomic E-state index is 0.387. The highest BCUT2D eigenvalue weighted by molar-refractivity contribution is 5.59. The van der Waals surface area contributed by atoms with Crippen LogP contribution >= 0.6 is 0 Å². The van der Waals surface area contributed by atoms with Gasteiger partial charge in [0, 0.05) is 31.4 Å². The van der Waals surface area contributed by atoms with Crippen molar-refractivity contribution in [3.05, 3.63) is 42.4 Å². The molecule has 0 aromatic carbocycles. The topological polar surface area (TPSA) is 106 Å². The summed E-state index contributed by atoms with van der Waals surface area (Å²) in [6.07, 6.45) is 27.1. The molecule has 42 heavy (non-hydrogen) atoms. The number of anilines is 1. The van der Waals surface area contributed by atoms with Crippen LogP contribution in [0.15, 0.2) is 36.8 Å². The number of unbranched alkanes of at least 4 members (excludes halogenated alkanes) is 14. The first kappa shape index (κ1) is 31.4. The molecule has 224 valence electrons. The number of aromatic nitrogens is 4. The number of nitrogens with zero attached hydrogens (tertiary/aromatic N) is 7. The normalized spacial score (nSPS) is 15.4.